The van der Waals surface area contributed by atoms with E-state index in [-0.39, 0.29) is 11.6 Å². The molecule has 7 heteroatoms. The van der Waals surface area contributed by atoms with Crippen LogP contribution in [-0.2, 0) is 0 Å². The molecule has 1 amide bonds. The first kappa shape index (κ1) is 16.6. The molecule has 1 aromatic rings. The standard InChI is InChI=1S/C13H16BrFN2O3/c1-8(2)3-11(7-14)16-13(18)9-4-10(15)6-12(5-9)17(19)20/h4-6,8,11H,3,7H2,1-2H3,(H,16,18). The third-order valence-corrected chi connectivity index (χ3v) is 3.41. The third kappa shape index (κ3) is 4.88. The van der Waals surface area contributed by atoms with Gasteiger partial charge in [0.05, 0.1) is 11.0 Å². The lowest BCUT2D eigenvalue weighted by molar-refractivity contribution is -0.385. The molecule has 0 radical (unpaired) electrons. The first-order chi connectivity index (χ1) is 9.33. The minimum atomic E-state index is -0.802. The zero-order valence-corrected chi connectivity index (χ0v) is 12.8. The van der Waals surface area contributed by atoms with Crippen molar-refractivity contribution in [3.8, 4) is 0 Å². The van der Waals surface area contributed by atoms with Crippen LogP contribution in [-0.4, -0.2) is 22.2 Å². The molecule has 0 saturated heterocycles. The molecule has 1 unspecified atom stereocenters. The number of halogens is 2. The van der Waals surface area contributed by atoms with Crippen LogP contribution in [0.3, 0.4) is 0 Å². The average Bonchev–Trinajstić information content (AvgIpc) is 2.36. The Morgan fingerprint density at radius 3 is 2.60 bits per heavy atom. The molecular formula is C13H16BrFN2O3. The number of nitro groups is 1. The number of nitrogens with one attached hydrogen (secondary N) is 1. The summed E-state index contributed by atoms with van der Waals surface area (Å²) in [4.78, 5) is 21.9. The summed E-state index contributed by atoms with van der Waals surface area (Å²) in [6.07, 6.45) is 0.758. The lowest BCUT2D eigenvalue weighted by Gasteiger charge is -2.18. The molecule has 1 rings (SSSR count). The number of carbonyl (C=O) groups excluding carboxylic acids is 1. The quantitative estimate of drug-likeness (QED) is 0.488. The van der Waals surface area contributed by atoms with Crippen molar-refractivity contribution in [1.29, 1.82) is 0 Å². The van der Waals surface area contributed by atoms with Gasteiger partial charge in [-0.05, 0) is 18.4 Å². The highest BCUT2D eigenvalue weighted by molar-refractivity contribution is 9.09. The van der Waals surface area contributed by atoms with E-state index in [0.29, 0.717) is 11.2 Å². The van der Waals surface area contributed by atoms with Gasteiger partial charge in [-0.3, -0.25) is 14.9 Å². The van der Waals surface area contributed by atoms with E-state index in [1.807, 2.05) is 13.8 Å². The largest absolute Gasteiger partial charge is 0.348 e. The van der Waals surface area contributed by atoms with Gasteiger partial charge in [0.1, 0.15) is 5.82 Å². The molecule has 1 atom stereocenters. The van der Waals surface area contributed by atoms with Gasteiger partial charge < -0.3 is 5.32 Å². The fourth-order valence-electron chi connectivity index (χ4n) is 1.81. The number of non-ortho nitro benzene ring substituents is 1. The summed E-state index contributed by atoms with van der Waals surface area (Å²) in [6, 6.07) is 2.74. The Hall–Kier alpha value is -1.50. The molecule has 0 fully saturated rings. The van der Waals surface area contributed by atoms with Crippen molar-refractivity contribution in [2.24, 2.45) is 5.92 Å². The van der Waals surface area contributed by atoms with Gasteiger partial charge >= 0.3 is 0 Å². The van der Waals surface area contributed by atoms with Crippen LogP contribution in [0.4, 0.5) is 10.1 Å². The van der Waals surface area contributed by atoms with Crippen molar-refractivity contribution >= 4 is 27.5 Å². The van der Waals surface area contributed by atoms with Gasteiger partial charge in [-0.15, -0.1) is 0 Å². The highest BCUT2D eigenvalue weighted by atomic mass is 79.9. The van der Waals surface area contributed by atoms with Crippen LogP contribution in [0.25, 0.3) is 0 Å². The molecule has 110 valence electrons. The minimum Gasteiger partial charge on any atom is -0.348 e. The van der Waals surface area contributed by atoms with E-state index in [1.54, 1.807) is 0 Å². The second kappa shape index (κ2) is 7.33. The van der Waals surface area contributed by atoms with E-state index in [4.69, 9.17) is 0 Å². The fraction of sp³-hybridized carbons (Fsp3) is 0.462. The van der Waals surface area contributed by atoms with Gasteiger partial charge in [0.25, 0.3) is 11.6 Å². The van der Waals surface area contributed by atoms with Crippen molar-refractivity contribution in [2.45, 2.75) is 26.3 Å². The summed E-state index contributed by atoms with van der Waals surface area (Å²) in [7, 11) is 0. The molecule has 0 bridgehead atoms. The van der Waals surface area contributed by atoms with E-state index < -0.39 is 22.3 Å². The predicted octanol–water partition coefficient (Wildman–Crippen LogP) is 3.27. The minimum absolute atomic E-state index is 0.0496. The van der Waals surface area contributed by atoms with Gasteiger partial charge in [0, 0.05) is 23.0 Å². The highest BCUT2D eigenvalue weighted by Crippen LogP contribution is 2.17. The van der Waals surface area contributed by atoms with E-state index in [9.17, 15) is 19.3 Å². The summed E-state index contributed by atoms with van der Waals surface area (Å²) in [5.41, 5.74) is -0.485. The molecular weight excluding hydrogens is 331 g/mol. The first-order valence-corrected chi connectivity index (χ1v) is 7.27. The molecule has 0 spiro atoms. The molecule has 20 heavy (non-hydrogen) atoms. The number of benzene rings is 1. The average molecular weight is 347 g/mol. The smallest absolute Gasteiger partial charge is 0.273 e. The van der Waals surface area contributed by atoms with Gasteiger partial charge in [0.2, 0.25) is 0 Å². The molecule has 5 nitrogen and oxygen atoms in total. The lowest BCUT2D eigenvalue weighted by atomic mass is 10.0. The molecule has 1 N–H and O–H groups in total. The number of carbonyl (C=O) groups is 1. The molecule has 0 aliphatic carbocycles. The van der Waals surface area contributed by atoms with E-state index in [0.717, 1.165) is 24.6 Å². The van der Waals surface area contributed by atoms with Crippen molar-refractivity contribution in [2.75, 3.05) is 5.33 Å². The first-order valence-electron chi connectivity index (χ1n) is 6.15. The van der Waals surface area contributed by atoms with Gasteiger partial charge in [0.15, 0.2) is 0 Å². The molecule has 0 aromatic heterocycles. The van der Waals surface area contributed by atoms with Gasteiger partial charge in [-0.1, -0.05) is 29.8 Å². The number of hydrogen-bond donors (Lipinski definition) is 1. The Kier molecular flexibility index (Phi) is 6.06. The van der Waals surface area contributed by atoms with Crippen molar-refractivity contribution in [3.05, 3.63) is 39.7 Å². The normalized spacial score (nSPS) is 12.2. The Morgan fingerprint density at radius 1 is 1.45 bits per heavy atom. The fourth-order valence-corrected chi connectivity index (χ4v) is 2.24. The number of nitrogens with zero attached hydrogens (tertiary/aromatic N) is 1. The maximum absolute atomic E-state index is 13.3. The predicted molar refractivity (Wildman–Crippen MR) is 77.6 cm³/mol. The molecule has 1 aromatic carbocycles. The van der Waals surface area contributed by atoms with Crippen LogP contribution >= 0.6 is 15.9 Å². The van der Waals surface area contributed by atoms with Crippen LogP contribution in [0.1, 0.15) is 30.6 Å². The molecule has 0 saturated carbocycles. The monoisotopic (exact) mass is 346 g/mol. The Morgan fingerprint density at radius 2 is 2.10 bits per heavy atom. The second-order valence-electron chi connectivity index (χ2n) is 4.91. The highest BCUT2D eigenvalue weighted by Gasteiger charge is 2.18. The Balaban J connectivity index is 2.88. The van der Waals surface area contributed by atoms with Gasteiger partial charge in [-0.2, -0.15) is 0 Å². The van der Waals surface area contributed by atoms with Crippen LogP contribution in [0.15, 0.2) is 18.2 Å². The Labute approximate surface area is 124 Å². The van der Waals surface area contributed by atoms with Crippen LogP contribution in [0.5, 0.6) is 0 Å². The summed E-state index contributed by atoms with van der Waals surface area (Å²) in [6.45, 7) is 4.05. The van der Waals surface area contributed by atoms with Crippen LogP contribution in [0, 0.1) is 21.8 Å². The number of amides is 1. The molecule has 0 heterocycles. The van der Waals surface area contributed by atoms with Gasteiger partial charge in [-0.25, -0.2) is 4.39 Å². The summed E-state index contributed by atoms with van der Waals surface area (Å²) >= 11 is 3.30. The number of rotatable bonds is 6. The zero-order valence-electron chi connectivity index (χ0n) is 11.2. The maximum Gasteiger partial charge on any atom is 0.273 e. The number of nitro benzene ring substituents is 1. The number of alkyl halides is 1. The van der Waals surface area contributed by atoms with Crippen LogP contribution < -0.4 is 5.32 Å². The third-order valence-electron chi connectivity index (χ3n) is 2.63. The molecule has 0 aliphatic heterocycles. The topological polar surface area (TPSA) is 72.2 Å². The van der Waals surface area contributed by atoms with E-state index in [2.05, 4.69) is 21.2 Å². The maximum atomic E-state index is 13.3. The number of hydrogen-bond acceptors (Lipinski definition) is 3. The summed E-state index contributed by atoms with van der Waals surface area (Å²) in [5.74, 6) is -0.930. The zero-order chi connectivity index (χ0) is 15.3. The van der Waals surface area contributed by atoms with Crippen molar-refractivity contribution in [3.63, 3.8) is 0 Å². The van der Waals surface area contributed by atoms with E-state index >= 15 is 0 Å². The Bertz CT molecular complexity index is 508. The SMILES string of the molecule is CC(C)CC(CBr)NC(=O)c1cc(F)cc([N+](=O)[O-])c1. The van der Waals surface area contributed by atoms with E-state index in [1.165, 1.54) is 0 Å². The summed E-state index contributed by atoms with van der Waals surface area (Å²) in [5, 5.41) is 13.9. The van der Waals surface area contributed by atoms with Crippen molar-refractivity contribution < 1.29 is 14.1 Å². The summed E-state index contributed by atoms with van der Waals surface area (Å²) < 4.78 is 13.3. The second-order valence-corrected chi connectivity index (χ2v) is 5.56. The lowest BCUT2D eigenvalue weighted by Crippen LogP contribution is -2.37. The van der Waals surface area contributed by atoms with Crippen molar-refractivity contribution in [1.82, 2.24) is 5.32 Å². The van der Waals surface area contributed by atoms with Crippen LogP contribution in [0.2, 0.25) is 0 Å². The molecule has 0 aliphatic rings.